The van der Waals surface area contributed by atoms with Crippen LogP contribution in [0.1, 0.15) is 0 Å². The highest BCUT2D eigenvalue weighted by Crippen LogP contribution is 2.51. The van der Waals surface area contributed by atoms with Crippen LogP contribution in [0.3, 0.4) is 0 Å². The number of rotatable bonds is 4. The third-order valence-corrected chi connectivity index (χ3v) is 7.40. The molecule has 0 aromatic heterocycles. The van der Waals surface area contributed by atoms with E-state index in [1.54, 1.807) is 7.11 Å². The van der Waals surface area contributed by atoms with Gasteiger partial charge in [0.1, 0.15) is 5.75 Å². The molecule has 2 rings (SSSR count). The summed E-state index contributed by atoms with van der Waals surface area (Å²) >= 11 is 30.4. The van der Waals surface area contributed by atoms with Crippen molar-refractivity contribution in [2.24, 2.45) is 0 Å². The third kappa shape index (κ3) is 4.03. The maximum Gasteiger partial charge on any atom is 0.118 e. The lowest BCUT2D eigenvalue weighted by Gasteiger charge is -2.11. The van der Waals surface area contributed by atoms with Crippen LogP contribution in [0, 0.1) is 0 Å². The average Bonchev–Trinajstić information content (AvgIpc) is 2.51. The summed E-state index contributed by atoms with van der Waals surface area (Å²) in [5, 5.41) is 1.15. The van der Waals surface area contributed by atoms with Gasteiger partial charge in [0.2, 0.25) is 0 Å². The van der Waals surface area contributed by atoms with Gasteiger partial charge in [-0.15, -0.1) is 0 Å². The lowest BCUT2D eigenvalue weighted by atomic mass is 10.3. The van der Waals surface area contributed by atoms with Gasteiger partial charge in [0, 0.05) is 4.90 Å². The Hall–Kier alpha value is 0.390. The Bertz CT molecular complexity index is 632. The van der Waals surface area contributed by atoms with E-state index in [1.165, 1.54) is 21.6 Å². The highest BCUT2D eigenvalue weighted by Gasteiger charge is 2.20. The van der Waals surface area contributed by atoms with E-state index in [2.05, 4.69) is 0 Å². The van der Waals surface area contributed by atoms with Crippen LogP contribution in [0.5, 0.6) is 5.75 Å². The van der Waals surface area contributed by atoms with Gasteiger partial charge < -0.3 is 4.74 Å². The topological polar surface area (TPSA) is 9.23 Å². The number of ether oxygens (including phenoxy) is 1. The first kappa shape index (κ1) is 17.7. The normalized spacial score (nSPS) is 10.8. The molecule has 2 aromatic carbocycles. The molecule has 0 heterocycles. The lowest BCUT2D eigenvalue weighted by molar-refractivity contribution is 0.414. The monoisotopic (exact) mass is 418 g/mol. The van der Waals surface area contributed by atoms with Crippen molar-refractivity contribution in [3.63, 3.8) is 0 Å². The molecule has 0 saturated carbocycles. The van der Waals surface area contributed by atoms with Crippen molar-refractivity contribution in [3.8, 4) is 5.75 Å². The van der Waals surface area contributed by atoms with E-state index in [1.807, 2.05) is 24.3 Å². The van der Waals surface area contributed by atoms with Crippen LogP contribution in [0.2, 0.25) is 25.1 Å². The summed E-state index contributed by atoms with van der Waals surface area (Å²) in [6.07, 6.45) is 0. The number of hydrogen-bond acceptors (Lipinski definition) is 3. The first-order valence-electron chi connectivity index (χ1n) is 5.45. The van der Waals surface area contributed by atoms with Gasteiger partial charge in [-0.1, -0.05) is 68.8 Å². The standard InChI is InChI=1S/C13H7Cl5OS2/c1-19-6-2-4-7(5-3-6)20-21-13-11(17)9(15)8(14)10(16)12(13)18/h2-5H,1H3. The minimum absolute atomic E-state index is 0.159. The molecule has 0 bridgehead atoms. The summed E-state index contributed by atoms with van der Waals surface area (Å²) < 4.78 is 5.11. The van der Waals surface area contributed by atoms with Crippen LogP contribution in [0.15, 0.2) is 34.1 Å². The third-order valence-electron chi connectivity index (χ3n) is 2.45. The molecule has 0 amide bonds. The van der Waals surface area contributed by atoms with Gasteiger partial charge in [-0.25, -0.2) is 0 Å². The molecule has 0 aliphatic heterocycles. The molecule has 0 atom stereocenters. The summed E-state index contributed by atoms with van der Waals surface area (Å²) in [7, 11) is 4.46. The molecule has 0 N–H and O–H groups in total. The molecular weight excluding hydrogens is 414 g/mol. The van der Waals surface area contributed by atoms with Crippen LogP contribution < -0.4 is 4.74 Å². The largest absolute Gasteiger partial charge is 0.497 e. The molecule has 21 heavy (non-hydrogen) atoms. The molecule has 0 fully saturated rings. The van der Waals surface area contributed by atoms with Crippen molar-refractivity contribution in [2.45, 2.75) is 9.79 Å². The van der Waals surface area contributed by atoms with Gasteiger partial charge in [0.15, 0.2) is 0 Å². The van der Waals surface area contributed by atoms with Crippen LogP contribution >= 0.6 is 79.6 Å². The number of hydrogen-bond donors (Lipinski definition) is 0. The summed E-state index contributed by atoms with van der Waals surface area (Å²) in [6, 6.07) is 7.59. The molecule has 0 aliphatic carbocycles. The Balaban J connectivity index is 2.23. The second-order valence-corrected chi connectivity index (χ2v) is 7.84. The summed E-state index contributed by atoms with van der Waals surface area (Å²) in [5.41, 5.74) is 0. The van der Waals surface area contributed by atoms with E-state index in [0.29, 0.717) is 14.9 Å². The predicted octanol–water partition coefficient (Wildman–Crippen LogP) is 7.76. The van der Waals surface area contributed by atoms with Crippen molar-refractivity contribution in [1.82, 2.24) is 0 Å². The molecule has 8 heteroatoms. The highest BCUT2D eigenvalue weighted by molar-refractivity contribution is 8.76. The maximum atomic E-state index is 6.18. The summed E-state index contributed by atoms with van der Waals surface area (Å²) in [5.74, 6) is 0.790. The number of methoxy groups -OCH3 is 1. The molecular formula is C13H7Cl5OS2. The summed E-state index contributed by atoms with van der Waals surface area (Å²) in [4.78, 5) is 1.59. The maximum absolute atomic E-state index is 6.18. The second-order valence-electron chi connectivity index (χ2n) is 3.74. The minimum Gasteiger partial charge on any atom is -0.497 e. The molecule has 0 spiro atoms. The smallest absolute Gasteiger partial charge is 0.118 e. The fourth-order valence-corrected chi connectivity index (χ4v) is 5.28. The Kier molecular flexibility index (Phi) is 6.57. The van der Waals surface area contributed by atoms with Gasteiger partial charge in [-0.3, -0.25) is 0 Å². The van der Waals surface area contributed by atoms with E-state index < -0.39 is 0 Å². The first-order valence-corrected chi connectivity index (χ1v) is 9.49. The van der Waals surface area contributed by atoms with Gasteiger partial charge >= 0.3 is 0 Å². The zero-order chi connectivity index (χ0) is 15.6. The van der Waals surface area contributed by atoms with Gasteiger partial charge in [-0.05, 0) is 35.1 Å². The van der Waals surface area contributed by atoms with Gasteiger partial charge in [-0.2, -0.15) is 0 Å². The summed E-state index contributed by atoms with van der Waals surface area (Å²) in [6.45, 7) is 0. The zero-order valence-electron chi connectivity index (χ0n) is 10.4. The minimum atomic E-state index is 0.159. The average molecular weight is 421 g/mol. The molecule has 0 aliphatic rings. The quantitative estimate of drug-likeness (QED) is 0.284. The fourth-order valence-electron chi connectivity index (χ4n) is 1.38. The number of halogens is 5. The van der Waals surface area contributed by atoms with E-state index in [-0.39, 0.29) is 15.1 Å². The Morgan fingerprint density at radius 2 is 1.19 bits per heavy atom. The van der Waals surface area contributed by atoms with Crippen molar-refractivity contribution < 1.29 is 4.74 Å². The molecule has 1 nitrogen and oxygen atoms in total. The van der Waals surface area contributed by atoms with Crippen LogP contribution in [0.25, 0.3) is 0 Å². The predicted molar refractivity (Wildman–Crippen MR) is 96.2 cm³/mol. The van der Waals surface area contributed by atoms with Crippen molar-refractivity contribution in [2.75, 3.05) is 7.11 Å². The Morgan fingerprint density at radius 3 is 1.67 bits per heavy atom. The molecule has 0 radical (unpaired) electrons. The van der Waals surface area contributed by atoms with E-state index in [9.17, 15) is 0 Å². The van der Waals surface area contributed by atoms with E-state index in [0.717, 1.165) is 10.6 Å². The van der Waals surface area contributed by atoms with Crippen molar-refractivity contribution in [3.05, 3.63) is 49.4 Å². The van der Waals surface area contributed by atoms with E-state index >= 15 is 0 Å². The number of benzene rings is 2. The Labute approximate surface area is 155 Å². The second kappa shape index (κ2) is 7.78. The molecule has 0 saturated heterocycles. The SMILES string of the molecule is COc1ccc(SSc2c(Cl)c(Cl)c(Cl)c(Cl)c2Cl)cc1. The van der Waals surface area contributed by atoms with E-state index in [4.69, 9.17) is 62.7 Å². The van der Waals surface area contributed by atoms with Crippen LogP contribution in [0.4, 0.5) is 0 Å². The first-order chi connectivity index (χ1) is 9.95. The van der Waals surface area contributed by atoms with Crippen LogP contribution in [-0.2, 0) is 0 Å². The molecule has 0 unspecified atom stereocenters. The van der Waals surface area contributed by atoms with Crippen LogP contribution in [-0.4, -0.2) is 7.11 Å². The fraction of sp³-hybridized carbons (Fsp3) is 0.0769. The van der Waals surface area contributed by atoms with Gasteiger partial charge in [0.25, 0.3) is 0 Å². The van der Waals surface area contributed by atoms with Crippen molar-refractivity contribution >= 4 is 79.6 Å². The Morgan fingerprint density at radius 1 is 0.714 bits per heavy atom. The lowest BCUT2D eigenvalue weighted by Crippen LogP contribution is -1.83. The van der Waals surface area contributed by atoms with Gasteiger partial charge in [0.05, 0.1) is 37.1 Å². The molecule has 2 aromatic rings. The zero-order valence-corrected chi connectivity index (χ0v) is 15.8. The molecule has 112 valence electrons. The van der Waals surface area contributed by atoms with Crippen molar-refractivity contribution in [1.29, 1.82) is 0 Å². The highest BCUT2D eigenvalue weighted by atomic mass is 35.5.